The van der Waals surface area contributed by atoms with E-state index in [1.807, 2.05) is 0 Å². The van der Waals surface area contributed by atoms with Crippen LogP contribution in [0.4, 0.5) is 0 Å². The third-order valence-electron chi connectivity index (χ3n) is 3.67. The van der Waals surface area contributed by atoms with Crippen molar-refractivity contribution >= 4 is 0 Å². The van der Waals surface area contributed by atoms with E-state index in [2.05, 4.69) is 23.8 Å². The quantitative estimate of drug-likeness (QED) is 0.605. The van der Waals surface area contributed by atoms with Crippen LogP contribution in [0, 0.1) is 5.92 Å². The second-order valence-electron chi connectivity index (χ2n) is 4.84. The Bertz CT molecular complexity index is 163. The van der Waals surface area contributed by atoms with Gasteiger partial charge in [0.2, 0.25) is 0 Å². The molecule has 0 N–H and O–H groups in total. The average molecular weight is 182 g/mol. The fourth-order valence-electron chi connectivity index (χ4n) is 2.96. The van der Waals surface area contributed by atoms with Gasteiger partial charge in [-0.2, -0.15) is 0 Å². The van der Waals surface area contributed by atoms with Gasteiger partial charge in [-0.1, -0.05) is 6.92 Å². The largest absolute Gasteiger partial charge is 0.306 e. The molecule has 0 amide bonds. The smallest absolute Gasteiger partial charge is 0.0145 e. The molecule has 2 heterocycles. The molecule has 0 aromatic carbocycles. The molecule has 2 atom stereocenters. The van der Waals surface area contributed by atoms with Crippen LogP contribution in [0.1, 0.15) is 26.2 Å². The number of hydrogen-bond donors (Lipinski definition) is 0. The van der Waals surface area contributed by atoms with Crippen molar-refractivity contribution in [2.75, 3.05) is 33.2 Å². The summed E-state index contributed by atoms with van der Waals surface area (Å²) in [5.41, 5.74) is 0. The molecule has 0 aliphatic carbocycles. The van der Waals surface area contributed by atoms with E-state index in [4.69, 9.17) is 0 Å². The van der Waals surface area contributed by atoms with Crippen LogP contribution in [0.15, 0.2) is 0 Å². The van der Waals surface area contributed by atoms with E-state index < -0.39 is 0 Å². The summed E-state index contributed by atoms with van der Waals surface area (Å²) in [6.45, 7) is 7.72. The first-order valence-corrected chi connectivity index (χ1v) is 5.70. The van der Waals surface area contributed by atoms with E-state index in [1.165, 1.54) is 45.4 Å². The Balaban J connectivity index is 1.91. The van der Waals surface area contributed by atoms with Crippen molar-refractivity contribution in [1.82, 2.24) is 9.80 Å². The molecule has 2 heteroatoms. The summed E-state index contributed by atoms with van der Waals surface area (Å²) >= 11 is 0. The van der Waals surface area contributed by atoms with Crippen LogP contribution >= 0.6 is 0 Å². The van der Waals surface area contributed by atoms with E-state index in [0.29, 0.717) is 0 Å². The normalized spacial score (nSPS) is 38.3. The Hall–Kier alpha value is -0.0800. The fraction of sp³-hybridized carbons (Fsp3) is 1.00. The van der Waals surface area contributed by atoms with Gasteiger partial charge in [0.15, 0.2) is 0 Å². The van der Waals surface area contributed by atoms with E-state index >= 15 is 0 Å². The van der Waals surface area contributed by atoms with Gasteiger partial charge < -0.3 is 9.80 Å². The number of likely N-dealkylation sites (tertiary alicyclic amines) is 2. The highest BCUT2D eigenvalue weighted by molar-refractivity contribution is 4.85. The van der Waals surface area contributed by atoms with Crippen molar-refractivity contribution < 1.29 is 0 Å². The minimum atomic E-state index is 0.872. The predicted octanol–water partition coefficient (Wildman–Crippen LogP) is 1.42. The lowest BCUT2D eigenvalue weighted by molar-refractivity contribution is 0.0928. The summed E-state index contributed by atoms with van der Waals surface area (Å²) in [6, 6.07) is 0.888. The molecular formula is C11H22N2. The highest BCUT2D eigenvalue weighted by atomic mass is 15.2. The zero-order valence-electron chi connectivity index (χ0n) is 9.00. The minimum Gasteiger partial charge on any atom is -0.306 e. The van der Waals surface area contributed by atoms with Gasteiger partial charge >= 0.3 is 0 Å². The summed E-state index contributed by atoms with van der Waals surface area (Å²) in [7, 11) is 2.25. The number of piperidine rings is 1. The maximum Gasteiger partial charge on any atom is 0.0145 e. The molecular weight excluding hydrogens is 160 g/mol. The molecule has 2 rings (SSSR count). The fourth-order valence-corrected chi connectivity index (χ4v) is 2.96. The van der Waals surface area contributed by atoms with E-state index in [-0.39, 0.29) is 0 Å². The monoisotopic (exact) mass is 182 g/mol. The van der Waals surface area contributed by atoms with E-state index in [0.717, 1.165) is 12.0 Å². The lowest BCUT2D eigenvalue weighted by Gasteiger charge is -2.39. The predicted molar refractivity (Wildman–Crippen MR) is 55.9 cm³/mol. The van der Waals surface area contributed by atoms with Gasteiger partial charge in [0.05, 0.1) is 0 Å². The first kappa shape index (κ1) is 9.47. The third-order valence-corrected chi connectivity index (χ3v) is 3.67. The SMILES string of the molecule is CC1CN(C)CCC1N1CCCC1. The lowest BCUT2D eigenvalue weighted by atomic mass is 9.93. The number of hydrogen-bond acceptors (Lipinski definition) is 2. The summed E-state index contributed by atoms with van der Waals surface area (Å²) in [5, 5.41) is 0. The van der Waals surface area contributed by atoms with Crippen molar-refractivity contribution in [3.8, 4) is 0 Å². The topological polar surface area (TPSA) is 6.48 Å². The van der Waals surface area contributed by atoms with Gasteiger partial charge in [0.1, 0.15) is 0 Å². The number of rotatable bonds is 1. The standard InChI is InChI=1S/C11H22N2/c1-10-9-12(2)8-5-11(10)13-6-3-4-7-13/h10-11H,3-9H2,1-2H3. The second kappa shape index (κ2) is 3.97. The second-order valence-corrected chi connectivity index (χ2v) is 4.84. The maximum absolute atomic E-state index is 2.72. The zero-order valence-corrected chi connectivity index (χ0v) is 9.00. The summed E-state index contributed by atoms with van der Waals surface area (Å²) in [5.74, 6) is 0.872. The first-order chi connectivity index (χ1) is 6.27. The van der Waals surface area contributed by atoms with Crippen molar-refractivity contribution in [1.29, 1.82) is 0 Å². The van der Waals surface area contributed by atoms with Crippen LogP contribution in [-0.4, -0.2) is 49.1 Å². The summed E-state index contributed by atoms with van der Waals surface area (Å²) < 4.78 is 0. The molecule has 2 fully saturated rings. The first-order valence-electron chi connectivity index (χ1n) is 5.70. The molecule has 0 aromatic heterocycles. The molecule has 2 saturated heterocycles. The van der Waals surface area contributed by atoms with Crippen LogP contribution in [0.25, 0.3) is 0 Å². The minimum absolute atomic E-state index is 0.872. The Morgan fingerprint density at radius 3 is 2.38 bits per heavy atom. The highest BCUT2D eigenvalue weighted by Gasteiger charge is 2.30. The molecule has 0 bridgehead atoms. The summed E-state index contributed by atoms with van der Waals surface area (Å²) in [4.78, 5) is 5.19. The van der Waals surface area contributed by atoms with Crippen molar-refractivity contribution in [2.24, 2.45) is 5.92 Å². The highest BCUT2D eigenvalue weighted by Crippen LogP contribution is 2.24. The molecule has 0 aromatic rings. The van der Waals surface area contributed by atoms with Crippen LogP contribution < -0.4 is 0 Å². The van der Waals surface area contributed by atoms with Gasteiger partial charge in [0.25, 0.3) is 0 Å². The van der Waals surface area contributed by atoms with Gasteiger partial charge in [-0.3, -0.25) is 0 Å². The number of nitrogens with zero attached hydrogens (tertiary/aromatic N) is 2. The Labute approximate surface area is 81.9 Å². The Kier molecular flexibility index (Phi) is 2.89. The molecule has 0 spiro atoms. The van der Waals surface area contributed by atoms with Gasteiger partial charge in [-0.15, -0.1) is 0 Å². The van der Waals surface area contributed by atoms with Crippen LogP contribution in [0.5, 0.6) is 0 Å². The van der Waals surface area contributed by atoms with E-state index in [9.17, 15) is 0 Å². The average Bonchev–Trinajstić information content (AvgIpc) is 2.56. The van der Waals surface area contributed by atoms with E-state index in [1.54, 1.807) is 0 Å². The molecule has 76 valence electrons. The van der Waals surface area contributed by atoms with Crippen LogP contribution in [0.3, 0.4) is 0 Å². The molecule has 2 unspecified atom stereocenters. The Morgan fingerprint density at radius 1 is 1.08 bits per heavy atom. The zero-order chi connectivity index (χ0) is 9.26. The molecule has 2 aliphatic heterocycles. The summed E-state index contributed by atoms with van der Waals surface area (Å²) in [6.07, 6.45) is 4.25. The Morgan fingerprint density at radius 2 is 1.77 bits per heavy atom. The molecule has 2 aliphatic rings. The molecule has 13 heavy (non-hydrogen) atoms. The molecule has 2 nitrogen and oxygen atoms in total. The third kappa shape index (κ3) is 2.05. The van der Waals surface area contributed by atoms with Gasteiger partial charge in [-0.05, 0) is 51.9 Å². The maximum atomic E-state index is 2.72. The van der Waals surface area contributed by atoms with Gasteiger partial charge in [0, 0.05) is 12.6 Å². The lowest BCUT2D eigenvalue weighted by Crippen LogP contribution is -2.48. The van der Waals surface area contributed by atoms with Gasteiger partial charge in [-0.25, -0.2) is 0 Å². The van der Waals surface area contributed by atoms with Crippen molar-refractivity contribution in [3.05, 3.63) is 0 Å². The molecule has 0 saturated carbocycles. The van der Waals surface area contributed by atoms with Crippen LogP contribution in [-0.2, 0) is 0 Å². The molecule has 0 radical (unpaired) electrons. The van der Waals surface area contributed by atoms with Crippen molar-refractivity contribution in [2.45, 2.75) is 32.2 Å². The van der Waals surface area contributed by atoms with Crippen LogP contribution in [0.2, 0.25) is 0 Å². The van der Waals surface area contributed by atoms with Crippen molar-refractivity contribution in [3.63, 3.8) is 0 Å².